The second kappa shape index (κ2) is 9.41. The standard InChI is InChI=1S/C25H29F4N3O2/c1-15-2-3-19(26)10-21(15)24-22(25(27,28)29)11-23(30-31-24)34-20-8-17-13-32(14-18(17)9-20)12-16-4-6-33-7-5-16/h2-3,10-11,16-18,20H,4-9,12-14H2,1H3/t17-,18+,20?/i20D. The molecule has 3 atom stereocenters. The van der Waals surface area contributed by atoms with Gasteiger partial charge >= 0.3 is 6.18 Å². The van der Waals surface area contributed by atoms with Gasteiger partial charge in [-0.2, -0.15) is 13.2 Å². The number of likely N-dealkylation sites (tertiary alicyclic amines) is 1. The van der Waals surface area contributed by atoms with Crippen molar-refractivity contribution in [2.45, 2.75) is 44.9 Å². The van der Waals surface area contributed by atoms with E-state index in [0.29, 0.717) is 24.3 Å². The Morgan fingerprint density at radius 1 is 1.12 bits per heavy atom. The first kappa shape index (κ1) is 22.2. The predicted molar refractivity (Wildman–Crippen MR) is 118 cm³/mol. The molecule has 1 saturated carbocycles. The number of nitrogens with zero attached hydrogens (tertiary/aromatic N) is 3. The first-order valence-electron chi connectivity index (χ1n) is 12.3. The van der Waals surface area contributed by atoms with Crippen LogP contribution in [0.5, 0.6) is 5.88 Å². The minimum Gasteiger partial charge on any atom is -0.473 e. The summed E-state index contributed by atoms with van der Waals surface area (Å²) in [6, 6.07) is 4.39. The van der Waals surface area contributed by atoms with Crippen LogP contribution in [0.15, 0.2) is 24.3 Å². The smallest absolute Gasteiger partial charge is 0.418 e. The average Bonchev–Trinajstić information content (AvgIpc) is 3.29. The molecule has 3 aliphatic rings. The van der Waals surface area contributed by atoms with Crippen LogP contribution in [0.25, 0.3) is 11.3 Å². The van der Waals surface area contributed by atoms with Crippen LogP contribution in [-0.2, 0) is 10.9 Å². The van der Waals surface area contributed by atoms with E-state index in [9.17, 15) is 17.6 Å². The van der Waals surface area contributed by atoms with Gasteiger partial charge in [0.2, 0.25) is 5.88 Å². The van der Waals surface area contributed by atoms with Crippen molar-refractivity contribution in [3.63, 3.8) is 0 Å². The van der Waals surface area contributed by atoms with E-state index >= 15 is 0 Å². The molecule has 1 aliphatic carbocycles. The molecule has 0 bridgehead atoms. The van der Waals surface area contributed by atoms with Crippen molar-refractivity contribution in [1.29, 1.82) is 0 Å². The number of hydrogen-bond acceptors (Lipinski definition) is 5. The van der Waals surface area contributed by atoms with Gasteiger partial charge in [-0.1, -0.05) is 6.07 Å². The largest absolute Gasteiger partial charge is 0.473 e. The van der Waals surface area contributed by atoms with E-state index in [1.54, 1.807) is 6.92 Å². The van der Waals surface area contributed by atoms with Gasteiger partial charge in [0.15, 0.2) is 0 Å². The van der Waals surface area contributed by atoms with Gasteiger partial charge < -0.3 is 14.4 Å². The Balaban J connectivity index is 1.29. The fraction of sp³-hybridized carbons (Fsp3) is 0.600. The SMILES string of the molecule is [2H]C1(Oc2cc(C(F)(F)F)c(-c3cc(F)ccc3C)nn2)C[C@H]2CN(CC3CCOCC3)C[C@H]2C1. The van der Waals surface area contributed by atoms with Crippen LogP contribution < -0.4 is 4.74 Å². The van der Waals surface area contributed by atoms with E-state index in [2.05, 4.69) is 15.1 Å². The highest BCUT2D eigenvalue weighted by molar-refractivity contribution is 5.67. The first-order valence-corrected chi connectivity index (χ1v) is 11.8. The van der Waals surface area contributed by atoms with E-state index in [0.717, 1.165) is 57.8 Å². The average molecular weight is 481 g/mol. The highest BCUT2D eigenvalue weighted by Crippen LogP contribution is 2.42. The highest BCUT2D eigenvalue weighted by atomic mass is 19.4. The molecule has 9 heteroatoms. The van der Waals surface area contributed by atoms with Crippen LogP contribution in [-0.4, -0.2) is 54.0 Å². The van der Waals surface area contributed by atoms with Gasteiger partial charge in [-0.3, -0.25) is 0 Å². The zero-order chi connectivity index (χ0) is 24.8. The number of benzene rings is 1. The van der Waals surface area contributed by atoms with Gasteiger partial charge in [0.1, 0.15) is 17.6 Å². The van der Waals surface area contributed by atoms with Crippen LogP contribution in [0.2, 0.25) is 0 Å². The maximum absolute atomic E-state index is 13.9. The van der Waals surface area contributed by atoms with Crippen molar-refractivity contribution in [3.8, 4) is 17.1 Å². The zero-order valence-corrected chi connectivity index (χ0v) is 19.1. The molecule has 2 saturated heterocycles. The summed E-state index contributed by atoms with van der Waals surface area (Å²) in [7, 11) is 0. The number of hydrogen-bond donors (Lipinski definition) is 0. The fourth-order valence-corrected chi connectivity index (χ4v) is 5.53. The van der Waals surface area contributed by atoms with Crippen molar-refractivity contribution in [1.82, 2.24) is 15.1 Å². The normalized spacial score (nSPS) is 28.7. The lowest BCUT2D eigenvalue weighted by atomic mass is 10.00. The fourth-order valence-electron chi connectivity index (χ4n) is 5.53. The van der Waals surface area contributed by atoms with Crippen molar-refractivity contribution >= 4 is 0 Å². The first-order chi connectivity index (χ1) is 16.6. The van der Waals surface area contributed by atoms with Gasteiger partial charge in [0, 0.05) is 44.5 Å². The van der Waals surface area contributed by atoms with E-state index in [4.69, 9.17) is 10.8 Å². The molecular formula is C25H29F4N3O2. The molecule has 1 aromatic heterocycles. The lowest BCUT2D eigenvalue weighted by Crippen LogP contribution is -2.32. The molecular weight excluding hydrogens is 450 g/mol. The predicted octanol–water partition coefficient (Wildman–Crippen LogP) is 5.13. The van der Waals surface area contributed by atoms with Crippen LogP contribution in [0.1, 0.15) is 38.2 Å². The van der Waals surface area contributed by atoms with Crippen LogP contribution in [0, 0.1) is 30.5 Å². The van der Waals surface area contributed by atoms with Crippen molar-refractivity contribution in [2.24, 2.45) is 17.8 Å². The number of aryl methyl sites for hydroxylation is 1. The van der Waals surface area contributed by atoms with Gasteiger partial charge in [0.25, 0.3) is 0 Å². The van der Waals surface area contributed by atoms with E-state index in [-0.39, 0.29) is 23.3 Å². The maximum Gasteiger partial charge on any atom is 0.418 e. The molecule has 2 aromatic rings. The van der Waals surface area contributed by atoms with E-state index in [1.807, 2.05) is 0 Å². The number of halogens is 4. The molecule has 0 spiro atoms. The molecule has 5 rings (SSSR count). The third-order valence-corrected chi connectivity index (χ3v) is 7.27. The number of fused-ring (bicyclic) bond motifs is 1. The molecule has 2 aliphatic heterocycles. The van der Waals surface area contributed by atoms with Gasteiger partial charge in [0.05, 0.1) is 6.93 Å². The van der Waals surface area contributed by atoms with E-state index < -0.39 is 29.3 Å². The Morgan fingerprint density at radius 3 is 2.50 bits per heavy atom. The molecule has 3 fully saturated rings. The van der Waals surface area contributed by atoms with E-state index in [1.165, 1.54) is 12.1 Å². The molecule has 0 N–H and O–H groups in total. The monoisotopic (exact) mass is 480 g/mol. The second-order valence-corrected chi connectivity index (χ2v) is 9.75. The summed E-state index contributed by atoms with van der Waals surface area (Å²) in [6.45, 7) is 6.00. The molecule has 34 heavy (non-hydrogen) atoms. The summed E-state index contributed by atoms with van der Waals surface area (Å²) in [5, 5.41) is 7.63. The Morgan fingerprint density at radius 2 is 1.82 bits per heavy atom. The lowest BCUT2D eigenvalue weighted by molar-refractivity contribution is -0.137. The third kappa shape index (κ3) is 5.05. The third-order valence-electron chi connectivity index (χ3n) is 7.27. The number of alkyl halides is 3. The van der Waals surface area contributed by atoms with Crippen LogP contribution >= 0.6 is 0 Å². The molecule has 1 aromatic carbocycles. The molecule has 5 nitrogen and oxygen atoms in total. The van der Waals surface area contributed by atoms with Gasteiger partial charge in [-0.15, -0.1) is 10.2 Å². The Kier molecular flexibility index (Phi) is 6.15. The van der Waals surface area contributed by atoms with Gasteiger partial charge in [-0.25, -0.2) is 4.39 Å². The molecule has 0 radical (unpaired) electrons. The Bertz CT molecular complexity index is 1060. The molecule has 184 valence electrons. The van der Waals surface area contributed by atoms with Crippen LogP contribution in [0.4, 0.5) is 17.6 Å². The van der Waals surface area contributed by atoms with Gasteiger partial charge in [-0.05, 0) is 68.1 Å². The number of ether oxygens (including phenoxy) is 2. The second-order valence-electron chi connectivity index (χ2n) is 9.75. The Hall–Kier alpha value is -2.26. The Labute approximate surface area is 197 Å². The summed E-state index contributed by atoms with van der Waals surface area (Å²) >= 11 is 0. The highest BCUT2D eigenvalue weighted by Gasteiger charge is 2.43. The minimum absolute atomic E-state index is 0.0250. The number of rotatable bonds is 5. The van der Waals surface area contributed by atoms with Crippen molar-refractivity contribution in [2.75, 3.05) is 32.8 Å². The summed E-state index contributed by atoms with van der Waals surface area (Å²) in [6.07, 6.45) is -3.06. The quantitative estimate of drug-likeness (QED) is 0.556. The summed E-state index contributed by atoms with van der Waals surface area (Å²) in [5.41, 5.74) is -1.03. The lowest BCUT2D eigenvalue weighted by Gasteiger charge is -2.27. The number of aromatic nitrogens is 2. The van der Waals surface area contributed by atoms with Crippen molar-refractivity contribution < 1.29 is 28.4 Å². The van der Waals surface area contributed by atoms with Crippen molar-refractivity contribution in [3.05, 3.63) is 41.2 Å². The molecule has 3 heterocycles. The minimum atomic E-state index is -4.74. The molecule has 0 amide bonds. The molecule has 1 unspecified atom stereocenters. The topological polar surface area (TPSA) is 47.5 Å². The zero-order valence-electron chi connectivity index (χ0n) is 20.1. The summed E-state index contributed by atoms with van der Waals surface area (Å²) < 4.78 is 75.4. The maximum atomic E-state index is 13.9. The summed E-state index contributed by atoms with van der Waals surface area (Å²) in [5.74, 6) is 0.197. The van der Waals surface area contributed by atoms with Crippen LogP contribution in [0.3, 0.4) is 0 Å². The summed E-state index contributed by atoms with van der Waals surface area (Å²) in [4.78, 5) is 2.45.